The minimum atomic E-state index is -1.84. The van der Waals surface area contributed by atoms with E-state index in [1.807, 2.05) is 51.1 Å². The van der Waals surface area contributed by atoms with Crippen LogP contribution in [0, 0.1) is 17.8 Å². The van der Waals surface area contributed by atoms with Gasteiger partial charge in [0.15, 0.2) is 5.79 Å². The van der Waals surface area contributed by atoms with Crippen molar-refractivity contribution in [2.45, 2.75) is 146 Å². The summed E-state index contributed by atoms with van der Waals surface area (Å²) in [6.45, 7) is 9.86. The molecule has 4 aliphatic heterocycles. The Morgan fingerprint density at radius 1 is 1.00 bits per heavy atom. The number of fused-ring (bicyclic) bond motifs is 2. The zero-order valence-corrected chi connectivity index (χ0v) is 34.7. The summed E-state index contributed by atoms with van der Waals surface area (Å²) in [6.07, 6.45) is 11.2. The van der Waals surface area contributed by atoms with E-state index in [0.717, 1.165) is 30.4 Å². The molecule has 4 heterocycles. The summed E-state index contributed by atoms with van der Waals surface area (Å²) in [4.78, 5) is 41.0. The van der Waals surface area contributed by atoms with Crippen molar-refractivity contribution >= 4 is 23.5 Å². The molecule has 2 aliphatic carbocycles. The van der Waals surface area contributed by atoms with Gasteiger partial charge in [0.1, 0.15) is 42.5 Å². The van der Waals surface area contributed by atoms with Crippen molar-refractivity contribution in [2.24, 2.45) is 17.8 Å². The van der Waals surface area contributed by atoms with Gasteiger partial charge in [-0.1, -0.05) is 69.2 Å². The lowest BCUT2D eigenvalue weighted by atomic mass is 9.71. The Bertz CT molecular complexity index is 1830. The van der Waals surface area contributed by atoms with E-state index in [1.165, 1.54) is 7.11 Å². The molecule has 12 heteroatoms. The molecule has 58 heavy (non-hydrogen) atoms. The number of carbonyl (C=O) groups is 3. The number of esters is 2. The van der Waals surface area contributed by atoms with Crippen molar-refractivity contribution < 1.29 is 53.0 Å². The highest BCUT2D eigenvalue weighted by atomic mass is 16.7. The lowest BCUT2D eigenvalue weighted by molar-refractivity contribution is -0.332. The Morgan fingerprint density at radius 2 is 1.74 bits per heavy atom. The fraction of sp³-hybridized carbons (Fsp3) is 0.630. The Labute approximate surface area is 342 Å². The van der Waals surface area contributed by atoms with Gasteiger partial charge < -0.3 is 44.0 Å². The van der Waals surface area contributed by atoms with E-state index in [-0.39, 0.29) is 43.2 Å². The molecule has 6 aliphatic rings. The lowest BCUT2D eigenvalue weighted by Gasteiger charge is -2.49. The Hall–Kier alpha value is -3.65. The summed E-state index contributed by atoms with van der Waals surface area (Å²) >= 11 is 0. The largest absolute Gasteiger partial charge is 0.462 e. The van der Waals surface area contributed by atoms with E-state index in [4.69, 9.17) is 28.4 Å². The normalized spacial score (nSPS) is 39.9. The average molecular weight is 804 g/mol. The molecule has 1 spiro atoms. The number of amides is 1. The van der Waals surface area contributed by atoms with Crippen molar-refractivity contribution in [2.75, 3.05) is 25.6 Å². The quantitative estimate of drug-likeness (QED) is 0.224. The summed E-state index contributed by atoms with van der Waals surface area (Å²) < 4.78 is 37.3. The summed E-state index contributed by atoms with van der Waals surface area (Å²) in [5.74, 6) is -3.15. The first-order valence-corrected chi connectivity index (χ1v) is 21.1. The fourth-order valence-electron chi connectivity index (χ4n) is 10.0. The van der Waals surface area contributed by atoms with Crippen LogP contribution in [0.3, 0.4) is 0 Å². The van der Waals surface area contributed by atoms with Gasteiger partial charge in [0.2, 0.25) is 5.91 Å². The number of rotatable bonds is 6. The van der Waals surface area contributed by atoms with Crippen LogP contribution in [0.2, 0.25) is 0 Å². The highest BCUT2D eigenvalue weighted by molar-refractivity contribution is 5.92. The lowest BCUT2D eigenvalue weighted by Crippen LogP contribution is -2.58. The molecule has 2 bridgehead atoms. The van der Waals surface area contributed by atoms with Gasteiger partial charge in [0, 0.05) is 38.0 Å². The molecule has 0 aromatic heterocycles. The smallest absolute Gasteiger partial charge is 0.317 e. The number of aliphatic hydroxyl groups is 2. The van der Waals surface area contributed by atoms with Crippen LogP contribution in [-0.2, 0) is 48.2 Å². The number of hydrogen-bond acceptors (Lipinski definition) is 11. The fourth-order valence-corrected chi connectivity index (χ4v) is 10.0. The van der Waals surface area contributed by atoms with Gasteiger partial charge in [0.25, 0.3) is 0 Å². The molecule has 4 fully saturated rings. The molecule has 11 atom stereocenters. The molecular formula is C46H61NO11. The minimum absolute atomic E-state index is 0.0168. The van der Waals surface area contributed by atoms with Crippen LogP contribution >= 0.6 is 0 Å². The topological polar surface area (TPSA) is 159 Å². The van der Waals surface area contributed by atoms with E-state index in [1.54, 1.807) is 25.2 Å². The Morgan fingerprint density at radius 3 is 2.45 bits per heavy atom. The monoisotopic (exact) mass is 803 g/mol. The van der Waals surface area contributed by atoms with Crippen LogP contribution in [0.25, 0.3) is 0 Å². The summed E-state index contributed by atoms with van der Waals surface area (Å²) in [5.41, 5.74) is 0.616. The van der Waals surface area contributed by atoms with Crippen molar-refractivity contribution in [3.8, 4) is 0 Å². The van der Waals surface area contributed by atoms with E-state index in [9.17, 15) is 24.6 Å². The zero-order chi connectivity index (χ0) is 41.4. The molecule has 3 unspecified atom stereocenters. The van der Waals surface area contributed by atoms with Gasteiger partial charge in [0.05, 0.1) is 24.2 Å². The second kappa shape index (κ2) is 17.1. The van der Waals surface area contributed by atoms with Gasteiger partial charge in [-0.2, -0.15) is 0 Å². The Balaban J connectivity index is 1.23. The van der Waals surface area contributed by atoms with Crippen LogP contribution in [0.1, 0.15) is 98.0 Å². The maximum atomic E-state index is 14.6. The van der Waals surface area contributed by atoms with Gasteiger partial charge in [-0.3, -0.25) is 14.4 Å². The third-order valence-electron chi connectivity index (χ3n) is 13.6. The SMILES string of the molecule is COCC(=O)Nc1ccc(C2(C(=O)OC3/C(C)=C/C[C@@H]4C[C@@H](CC5(CC[C@H](C)[C@@H](C)O5)O4)OC(=O)[C@@H]4C=C(C)C(O)[C@H]5OC/C(=C\C=C\[C@@H]3C)[C@]54O)CCCC2)cc1. The number of carbonyl (C=O) groups excluding carboxylic acids is 3. The Kier molecular flexibility index (Phi) is 12.6. The number of allylic oxidation sites excluding steroid dienone is 2. The summed E-state index contributed by atoms with van der Waals surface area (Å²) in [6, 6.07) is 7.41. The van der Waals surface area contributed by atoms with Crippen LogP contribution in [0.15, 0.2) is 71.4 Å². The van der Waals surface area contributed by atoms with Crippen molar-refractivity contribution in [3.05, 3.63) is 76.9 Å². The van der Waals surface area contributed by atoms with E-state index in [0.29, 0.717) is 61.3 Å². The van der Waals surface area contributed by atoms with Crippen LogP contribution in [0.5, 0.6) is 0 Å². The number of aliphatic hydroxyl groups excluding tert-OH is 1. The van der Waals surface area contributed by atoms with Crippen LogP contribution in [-0.4, -0.2) is 96.4 Å². The average Bonchev–Trinajstić information content (AvgIpc) is 3.82. The summed E-state index contributed by atoms with van der Waals surface area (Å²) in [5, 5.41) is 26.4. The highest BCUT2D eigenvalue weighted by Gasteiger charge is 2.60. The molecule has 316 valence electrons. The third-order valence-corrected chi connectivity index (χ3v) is 13.6. The molecule has 1 saturated carbocycles. The zero-order valence-electron chi connectivity index (χ0n) is 34.7. The molecule has 1 aromatic carbocycles. The van der Waals surface area contributed by atoms with Gasteiger partial charge >= 0.3 is 11.9 Å². The first kappa shape index (κ1) is 42.5. The minimum Gasteiger partial charge on any atom is -0.462 e. The predicted octanol–water partition coefficient (Wildman–Crippen LogP) is 6.15. The second-order valence-electron chi connectivity index (χ2n) is 17.7. The molecule has 1 aromatic rings. The van der Waals surface area contributed by atoms with Crippen molar-refractivity contribution in [1.29, 1.82) is 0 Å². The van der Waals surface area contributed by atoms with Gasteiger partial charge in [-0.15, -0.1) is 0 Å². The van der Waals surface area contributed by atoms with Crippen molar-refractivity contribution in [1.82, 2.24) is 0 Å². The molecule has 7 rings (SSSR count). The highest BCUT2D eigenvalue weighted by Crippen LogP contribution is 2.48. The number of ether oxygens (including phenoxy) is 6. The molecule has 1 amide bonds. The number of methoxy groups -OCH3 is 1. The van der Waals surface area contributed by atoms with E-state index in [2.05, 4.69) is 18.3 Å². The maximum Gasteiger partial charge on any atom is 0.317 e. The first-order valence-electron chi connectivity index (χ1n) is 21.1. The van der Waals surface area contributed by atoms with E-state index < -0.39 is 53.1 Å². The standard InChI is InChI=1S/C46H61NO11/c1-27-18-21-45(57-31(27)5)24-36-23-35(58-45)17-12-29(3)40(56-43(51)44(19-7-8-20-44)32-13-15-34(16-14-32)47-38(48)26-53-6)28(2)10-9-11-33-25-54-41-39(49)30(4)22-37(42(50)55-36)46(33,41)52/h9-16,22,27-28,31,35-37,39-41,49,52H,7-8,17-21,23-26H2,1-6H3,(H,47,48)/b10-9+,29-12+,33-11+/t27-,28-,31+,35+,36-,37-,39?,40?,41+,45?,46+/m0/s1. The number of anilines is 1. The van der Waals surface area contributed by atoms with Crippen LogP contribution < -0.4 is 5.32 Å². The maximum absolute atomic E-state index is 14.6. The summed E-state index contributed by atoms with van der Waals surface area (Å²) in [7, 11) is 1.47. The molecular weight excluding hydrogens is 743 g/mol. The number of benzene rings is 1. The second-order valence-corrected chi connectivity index (χ2v) is 17.7. The predicted molar refractivity (Wildman–Crippen MR) is 215 cm³/mol. The molecule has 0 radical (unpaired) electrons. The van der Waals surface area contributed by atoms with Gasteiger partial charge in [-0.25, -0.2) is 0 Å². The number of hydrogen-bond donors (Lipinski definition) is 3. The molecule has 3 N–H and O–H groups in total. The first-order chi connectivity index (χ1) is 27.7. The van der Waals surface area contributed by atoms with Crippen molar-refractivity contribution in [3.63, 3.8) is 0 Å². The third kappa shape index (κ3) is 8.25. The van der Waals surface area contributed by atoms with Crippen LogP contribution in [0.4, 0.5) is 5.69 Å². The van der Waals surface area contributed by atoms with Gasteiger partial charge in [-0.05, 0) is 86.8 Å². The molecule has 3 saturated heterocycles. The van der Waals surface area contributed by atoms with E-state index >= 15 is 0 Å². The number of nitrogens with one attached hydrogen (secondary N) is 1. The molecule has 12 nitrogen and oxygen atoms in total.